The zero-order chi connectivity index (χ0) is 15.8. The number of hydrogen-bond acceptors (Lipinski definition) is 4. The fraction of sp³-hybridized carbons (Fsp3) is 0.176. The maximum Gasteiger partial charge on any atom is 0.123 e. The van der Waals surface area contributed by atoms with Gasteiger partial charge >= 0.3 is 0 Å². The van der Waals surface area contributed by atoms with Gasteiger partial charge < -0.3 is 10.5 Å². The summed E-state index contributed by atoms with van der Waals surface area (Å²) < 4.78 is 20.8. The highest BCUT2D eigenvalue weighted by molar-refractivity contribution is 5.83. The number of benzene rings is 1. The van der Waals surface area contributed by atoms with E-state index in [1.54, 1.807) is 18.3 Å². The SMILES string of the molecule is Nc1cc(-c2c(-c3ccc(F)cc3)nn3c2COCC3)ccn1. The van der Waals surface area contributed by atoms with Gasteiger partial charge in [0, 0.05) is 17.3 Å². The van der Waals surface area contributed by atoms with Crippen LogP contribution in [0.25, 0.3) is 22.4 Å². The minimum Gasteiger partial charge on any atom is -0.384 e. The van der Waals surface area contributed by atoms with Crippen molar-refractivity contribution in [1.82, 2.24) is 14.8 Å². The second-order valence-electron chi connectivity index (χ2n) is 5.42. The lowest BCUT2D eigenvalue weighted by Crippen LogP contribution is -2.17. The normalized spacial score (nSPS) is 13.8. The molecule has 3 aromatic rings. The second kappa shape index (κ2) is 5.48. The summed E-state index contributed by atoms with van der Waals surface area (Å²) in [5.41, 5.74) is 10.4. The van der Waals surface area contributed by atoms with Crippen LogP contribution < -0.4 is 5.73 Å². The number of aromatic nitrogens is 3. The molecule has 1 aliphatic heterocycles. The van der Waals surface area contributed by atoms with E-state index in [9.17, 15) is 4.39 Å². The molecule has 6 heteroatoms. The van der Waals surface area contributed by atoms with E-state index in [0.29, 0.717) is 25.6 Å². The first-order valence-electron chi connectivity index (χ1n) is 7.37. The molecule has 2 aromatic heterocycles. The van der Waals surface area contributed by atoms with E-state index >= 15 is 0 Å². The summed E-state index contributed by atoms with van der Waals surface area (Å²) in [6.07, 6.45) is 1.67. The average molecular weight is 310 g/mol. The molecular weight excluding hydrogens is 295 g/mol. The molecule has 0 saturated heterocycles. The third kappa shape index (κ3) is 2.47. The molecule has 0 aliphatic carbocycles. The van der Waals surface area contributed by atoms with Crippen LogP contribution in [0.3, 0.4) is 0 Å². The van der Waals surface area contributed by atoms with Crippen LogP contribution in [0.1, 0.15) is 5.69 Å². The Labute approximate surface area is 132 Å². The van der Waals surface area contributed by atoms with Crippen LogP contribution in [-0.2, 0) is 17.9 Å². The molecule has 0 fully saturated rings. The number of nitrogen functional groups attached to an aromatic ring is 1. The molecule has 0 bridgehead atoms. The predicted octanol–water partition coefficient (Wildman–Crippen LogP) is 2.86. The highest BCUT2D eigenvalue weighted by Gasteiger charge is 2.23. The number of pyridine rings is 1. The van der Waals surface area contributed by atoms with Gasteiger partial charge in [0.25, 0.3) is 0 Å². The van der Waals surface area contributed by atoms with Gasteiger partial charge in [0.15, 0.2) is 0 Å². The monoisotopic (exact) mass is 310 g/mol. The number of anilines is 1. The number of halogens is 1. The third-order valence-electron chi connectivity index (χ3n) is 3.93. The molecule has 116 valence electrons. The van der Waals surface area contributed by atoms with Crippen molar-refractivity contribution in [2.45, 2.75) is 13.2 Å². The molecule has 1 aliphatic rings. The Balaban J connectivity index is 1.95. The van der Waals surface area contributed by atoms with Crippen molar-refractivity contribution in [2.75, 3.05) is 12.3 Å². The zero-order valence-corrected chi connectivity index (χ0v) is 12.4. The topological polar surface area (TPSA) is 66.0 Å². The van der Waals surface area contributed by atoms with Crippen molar-refractivity contribution in [1.29, 1.82) is 0 Å². The Morgan fingerprint density at radius 3 is 2.74 bits per heavy atom. The van der Waals surface area contributed by atoms with Crippen LogP contribution >= 0.6 is 0 Å². The lowest BCUT2D eigenvalue weighted by atomic mass is 9.99. The maximum absolute atomic E-state index is 13.2. The van der Waals surface area contributed by atoms with Crippen LogP contribution in [0.2, 0.25) is 0 Å². The van der Waals surface area contributed by atoms with Gasteiger partial charge in [-0.25, -0.2) is 9.37 Å². The highest BCUT2D eigenvalue weighted by atomic mass is 19.1. The molecular formula is C17H15FN4O. The second-order valence-corrected chi connectivity index (χ2v) is 5.42. The quantitative estimate of drug-likeness (QED) is 0.790. The smallest absolute Gasteiger partial charge is 0.123 e. The van der Waals surface area contributed by atoms with Gasteiger partial charge in [-0.05, 0) is 42.0 Å². The van der Waals surface area contributed by atoms with Crippen LogP contribution in [-0.4, -0.2) is 21.4 Å². The highest BCUT2D eigenvalue weighted by Crippen LogP contribution is 2.36. The first-order valence-corrected chi connectivity index (χ1v) is 7.37. The fourth-order valence-corrected chi connectivity index (χ4v) is 2.87. The lowest BCUT2D eigenvalue weighted by molar-refractivity contribution is 0.0805. The minimum absolute atomic E-state index is 0.268. The Hall–Kier alpha value is -2.73. The number of nitrogens with two attached hydrogens (primary N) is 1. The molecule has 4 rings (SSSR count). The van der Waals surface area contributed by atoms with Gasteiger partial charge in [-0.15, -0.1) is 0 Å². The maximum atomic E-state index is 13.2. The van der Waals surface area contributed by atoms with Crippen molar-refractivity contribution in [3.8, 4) is 22.4 Å². The number of rotatable bonds is 2. The van der Waals surface area contributed by atoms with Crippen molar-refractivity contribution < 1.29 is 9.13 Å². The summed E-state index contributed by atoms with van der Waals surface area (Å²) in [4.78, 5) is 4.05. The summed E-state index contributed by atoms with van der Waals surface area (Å²) in [5, 5.41) is 4.71. The van der Waals surface area contributed by atoms with E-state index in [4.69, 9.17) is 15.6 Å². The number of fused-ring (bicyclic) bond motifs is 1. The van der Waals surface area contributed by atoms with E-state index in [1.165, 1.54) is 12.1 Å². The standard InChI is InChI=1S/C17H15FN4O/c18-13-3-1-11(2-4-13)17-16(12-5-6-20-15(19)9-12)14-10-23-8-7-22(14)21-17/h1-6,9H,7-8,10H2,(H2,19,20). The molecule has 0 amide bonds. The van der Waals surface area contributed by atoms with Gasteiger partial charge in [-0.1, -0.05) is 0 Å². The minimum atomic E-state index is -0.268. The fourth-order valence-electron chi connectivity index (χ4n) is 2.87. The van der Waals surface area contributed by atoms with Gasteiger partial charge in [0.1, 0.15) is 17.3 Å². The molecule has 0 unspecified atom stereocenters. The van der Waals surface area contributed by atoms with Gasteiger partial charge in [0.2, 0.25) is 0 Å². The average Bonchev–Trinajstić information content (AvgIpc) is 2.95. The Morgan fingerprint density at radius 1 is 1.13 bits per heavy atom. The Bertz CT molecular complexity index is 858. The van der Waals surface area contributed by atoms with Crippen LogP contribution in [0.15, 0.2) is 42.6 Å². The Morgan fingerprint density at radius 2 is 1.96 bits per heavy atom. The number of ether oxygens (including phenoxy) is 1. The van der Waals surface area contributed by atoms with Gasteiger partial charge in [0.05, 0.1) is 25.5 Å². The lowest BCUT2D eigenvalue weighted by Gasteiger charge is -2.15. The molecule has 5 nitrogen and oxygen atoms in total. The van der Waals surface area contributed by atoms with Crippen molar-refractivity contribution in [3.63, 3.8) is 0 Å². The summed E-state index contributed by atoms with van der Waals surface area (Å²) in [7, 11) is 0. The van der Waals surface area contributed by atoms with Crippen molar-refractivity contribution >= 4 is 5.82 Å². The van der Waals surface area contributed by atoms with E-state index in [2.05, 4.69) is 4.98 Å². The van der Waals surface area contributed by atoms with Gasteiger partial charge in [-0.2, -0.15) is 5.10 Å². The molecule has 0 atom stereocenters. The zero-order valence-electron chi connectivity index (χ0n) is 12.4. The summed E-state index contributed by atoms with van der Waals surface area (Å²) in [5.74, 6) is 0.181. The van der Waals surface area contributed by atoms with Gasteiger partial charge in [-0.3, -0.25) is 4.68 Å². The third-order valence-corrected chi connectivity index (χ3v) is 3.93. The molecule has 2 N–H and O–H groups in total. The first kappa shape index (κ1) is 13.9. The van der Waals surface area contributed by atoms with E-state index in [-0.39, 0.29) is 5.82 Å². The molecule has 3 heterocycles. The van der Waals surface area contributed by atoms with Crippen molar-refractivity contribution in [3.05, 3.63) is 54.1 Å². The summed E-state index contributed by atoms with van der Waals surface area (Å²) >= 11 is 0. The van der Waals surface area contributed by atoms with Crippen molar-refractivity contribution in [2.24, 2.45) is 0 Å². The molecule has 0 spiro atoms. The molecule has 23 heavy (non-hydrogen) atoms. The summed E-state index contributed by atoms with van der Waals surface area (Å²) in [6, 6.07) is 10.1. The largest absolute Gasteiger partial charge is 0.384 e. The molecule has 0 saturated carbocycles. The summed E-state index contributed by atoms with van der Waals surface area (Å²) in [6.45, 7) is 1.82. The number of nitrogens with zero attached hydrogens (tertiary/aromatic N) is 3. The molecule has 1 aromatic carbocycles. The van der Waals surface area contributed by atoms with E-state index in [1.807, 2.05) is 16.8 Å². The molecule has 0 radical (unpaired) electrons. The van der Waals surface area contributed by atoms with Crippen LogP contribution in [0, 0.1) is 5.82 Å². The Kier molecular flexibility index (Phi) is 3.31. The van der Waals surface area contributed by atoms with E-state index in [0.717, 1.165) is 28.1 Å². The van der Waals surface area contributed by atoms with Crippen LogP contribution in [0.5, 0.6) is 0 Å². The first-order chi connectivity index (χ1) is 11.2. The number of hydrogen-bond donors (Lipinski definition) is 1. The van der Waals surface area contributed by atoms with E-state index < -0.39 is 0 Å². The van der Waals surface area contributed by atoms with Crippen LogP contribution in [0.4, 0.5) is 10.2 Å². The predicted molar refractivity (Wildman–Crippen MR) is 84.9 cm³/mol.